The van der Waals surface area contributed by atoms with Crippen LogP contribution >= 0.6 is 0 Å². The van der Waals surface area contributed by atoms with E-state index in [-0.39, 0.29) is 18.4 Å². The highest BCUT2D eigenvalue weighted by Gasteiger charge is 2.21. The summed E-state index contributed by atoms with van der Waals surface area (Å²) in [4.78, 5) is 25.8. The predicted octanol–water partition coefficient (Wildman–Crippen LogP) is 6.54. The molecule has 1 fully saturated rings. The van der Waals surface area contributed by atoms with Crippen molar-refractivity contribution in [1.82, 2.24) is 29.9 Å². The summed E-state index contributed by atoms with van der Waals surface area (Å²) in [5.74, 6) is -0.359. The summed E-state index contributed by atoms with van der Waals surface area (Å²) in [6.07, 6.45) is 7.95. The second-order valence-corrected chi connectivity index (χ2v) is 13.6. The van der Waals surface area contributed by atoms with Gasteiger partial charge in [0, 0.05) is 46.4 Å². The van der Waals surface area contributed by atoms with E-state index in [9.17, 15) is 17.6 Å². The molecule has 0 radical (unpaired) electrons. The molecule has 46 heavy (non-hydrogen) atoms. The average Bonchev–Trinajstić information content (AvgIpc) is 3.68. The van der Waals surface area contributed by atoms with Crippen molar-refractivity contribution in [2.45, 2.75) is 38.6 Å². The molecule has 1 aliphatic carbocycles. The lowest BCUT2D eigenvalue weighted by molar-refractivity contribution is -0.120. The van der Waals surface area contributed by atoms with Gasteiger partial charge in [-0.15, -0.1) is 0 Å². The summed E-state index contributed by atoms with van der Waals surface area (Å²) < 4.78 is 40.2. The minimum atomic E-state index is -3.45. The van der Waals surface area contributed by atoms with E-state index in [2.05, 4.69) is 30.2 Å². The molecule has 234 valence electrons. The molecule has 4 heterocycles. The Bertz CT molecular complexity index is 2200. The predicted molar refractivity (Wildman–Crippen MR) is 177 cm³/mol. The highest BCUT2D eigenvalue weighted by molar-refractivity contribution is 7.88. The zero-order valence-corrected chi connectivity index (χ0v) is 25.9. The van der Waals surface area contributed by atoms with Crippen LogP contribution in [-0.4, -0.2) is 45.7 Å². The van der Waals surface area contributed by atoms with Crippen molar-refractivity contribution in [3.63, 3.8) is 0 Å². The number of benzene rings is 2. The van der Waals surface area contributed by atoms with Crippen LogP contribution in [0.25, 0.3) is 55.8 Å². The molecule has 7 rings (SSSR count). The van der Waals surface area contributed by atoms with E-state index in [0.29, 0.717) is 33.7 Å². The van der Waals surface area contributed by atoms with Crippen molar-refractivity contribution < 1.29 is 17.6 Å². The Morgan fingerprint density at radius 1 is 0.957 bits per heavy atom. The molecule has 12 heteroatoms. The normalized spacial score (nSPS) is 14.2. The minimum Gasteiger partial charge on any atom is -0.353 e. The Kier molecular flexibility index (Phi) is 7.83. The van der Waals surface area contributed by atoms with Gasteiger partial charge in [0.15, 0.2) is 0 Å². The Hall–Kier alpha value is -4.94. The number of anilines is 1. The highest BCUT2D eigenvalue weighted by atomic mass is 32.2. The number of halogens is 1. The molecule has 10 nitrogen and oxygen atoms in total. The average molecular weight is 638 g/mol. The van der Waals surface area contributed by atoms with Crippen molar-refractivity contribution in [3.8, 4) is 33.9 Å². The Balaban J connectivity index is 1.21. The SMILES string of the molecule is CS(=O)(=O)NCc1cc(F)cc(-c2nccc3[nH]c(-c4n[nH]c5ccc(-c6cccc(NC(=O)C7CCCCC7)c6)nc45)cc23)c1. The fraction of sp³-hybridized carbons (Fsp3) is 0.235. The van der Waals surface area contributed by atoms with Crippen LogP contribution in [0.5, 0.6) is 0 Å². The van der Waals surface area contributed by atoms with Crippen LogP contribution in [0, 0.1) is 11.7 Å². The number of nitrogens with one attached hydrogen (secondary N) is 4. The third-order valence-corrected chi connectivity index (χ3v) is 9.05. The molecule has 4 aromatic heterocycles. The van der Waals surface area contributed by atoms with Crippen molar-refractivity contribution in [3.05, 3.63) is 84.3 Å². The Morgan fingerprint density at radius 2 is 1.80 bits per heavy atom. The number of H-pyrrole nitrogens is 2. The fourth-order valence-corrected chi connectivity index (χ4v) is 6.56. The molecule has 1 amide bonds. The van der Waals surface area contributed by atoms with Gasteiger partial charge in [0.2, 0.25) is 15.9 Å². The largest absolute Gasteiger partial charge is 0.353 e. The molecule has 1 saturated carbocycles. The van der Waals surface area contributed by atoms with Crippen molar-refractivity contribution >= 4 is 43.6 Å². The number of carbonyl (C=O) groups is 1. The first kappa shape index (κ1) is 29.8. The highest BCUT2D eigenvalue weighted by Crippen LogP contribution is 2.34. The summed E-state index contributed by atoms with van der Waals surface area (Å²) in [6, 6.07) is 19.7. The molecule has 6 aromatic rings. The number of nitrogens with zero attached hydrogens (tertiary/aromatic N) is 3. The summed E-state index contributed by atoms with van der Waals surface area (Å²) in [5.41, 5.74) is 7.37. The van der Waals surface area contributed by atoms with E-state index in [4.69, 9.17) is 4.98 Å². The number of sulfonamides is 1. The second-order valence-electron chi connectivity index (χ2n) is 11.8. The first-order chi connectivity index (χ1) is 22.2. The monoisotopic (exact) mass is 637 g/mol. The Labute approximate surface area is 264 Å². The molecule has 0 unspecified atom stereocenters. The molecular formula is C34H32FN7O3S. The third-order valence-electron chi connectivity index (χ3n) is 8.38. The first-order valence-corrected chi connectivity index (χ1v) is 17.1. The van der Waals surface area contributed by atoms with E-state index >= 15 is 0 Å². The number of pyridine rings is 2. The van der Waals surface area contributed by atoms with Crippen LogP contribution in [0.2, 0.25) is 0 Å². The van der Waals surface area contributed by atoms with Gasteiger partial charge in [-0.05, 0) is 73.0 Å². The van der Waals surface area contributed by atoms with Crippen LogP contribution in [0.4, 0.5) is 10.1 Å². The smallest absolute Gasteiger partial charge is 0.227 e. The molecule has 0 aliphatic heterocycles. The molecule has 0 atom stereocenters. The molecule has 1 aliphatic rings. The number of carbonyl (C=O) groups excluding carboxylic acids is 1. The van der Waals surface area contributed by atoms with Crippen molar-refractivity contribution in [2.75, 3.05) is 11.6 Å². The van der Waals surface area contributed by atoms with Crippen molar-refractivity contribution in [2.24, 2.45) is 5.92 Å². The minimum absolute atomic E-state index is 0.0407. The number of hydrogen-bond acceptors (Lipinski definition) is 6. The quantitative estimate of drug-likeness (QED) is 0.149. The summed E-state index contributed by atoms with van der Waals surface area (Å²) >= 11 is 0. The molecule has 0 bridgehead atoms. The zero-order valence-electron chi connectivity index (χ0n) is 25.1. The van der Waals surface area contributed by atoms with Gasteiger partial charge in [-0.3, -0.25) is 14.9 Å². The summed E-state index contributed by atoms with van der Waals surface area (Å²) in [7, 11) is -3.45. The maximum absolute atomic E-state index is 14.6. The van der Waals surface area contributed by atoms with E-state index in [1.54, 1.807) is 12.3 Å². The molecule has 0 saturated heterocycles. The third kappa shape index (κ3) is 6.26. The number of amides is 1. The number of aromatic nitrogens is 5. The lowest BCUT2D eigenvalue weighted by Crippen LogP contribution is -2.24. The van der Waals surface area contributed by atoms with Crippen LogP contribution in [0.3, 0.4) is 0 Å². The fourth-order valence-electron chi connectivity index (χ4n) is 6.13. The van der Waals surface area contributed by atoms with Crippen molar-refractivity contribution in [1.29, 1.82) is 0 Å². The van der Waals surface area contributed by atoms with E-state index in [1.165, 1.54) is 18.6 Å². The number of hydrogen-bond donors (Lipinski definition) is 4. The number of fused-ring (bicyclic) bond motifs is 2. The lowest BCUT2D eigenvalue weighted by atomic mass is 9.88. The zero-order chi connectivity index (χ0) is 31.8. The first-order valence-electron chi connectivity index (χ1n) is 15.2. The maximum Gasteiger partial charge on any atom is 0.227 e. The topological polar surface area (TPSA) is 146 Å². The van der Waals surface area contributed by atoms with Crippen LogP contribution < -0.4 is 10.0 Å². The molecule has 0 spiro atoms. The van der Waals surface area contributed by atoms with E-state index < -0.39 is 15.8 Å². The van der Waals surface area contributed by atoms with Gasteiger partial charge in [-0.25, -0.2) is 22.5 Å². The Morgan fingerprint density at radius 3 is 2.63 bits per heavy atom. The van der Waals surface area contributed by atoms with Gasteiger partial charge in [-0.2, -0.15) is 5.10 Å². The lowest BCUT2D eigenvalue weighted by Gasteiger charge is -2.20. The summed E-state index contributed by atoms with van der Waals surface area (Å²) in [6.45, 7) is -0.0407. The van der Waals surface area contributed by atoms with Gasteiger partial charge >= 0.3 is 0 Å². The molecule has 4 N–H and O–H groups in total. The number of rotatable bonds is 8. The van der Waals surface area contributed by atoms with Gasteiger partial charge in [-0.1, -0.05) is 31.4 Å². The maximum atomic E-state index is 14.6. The van der Waals surface area contributed by atoms with Gasteiger partial charge in [0.25, 0.3) is 0 Å². The molecular weight excluding hydrogens is 605 g/mol. The van der Waals surface area contributed by atoms with Crippen LogP contribution in [0.15, 0.2) is 72.9 Å². The molecule has 2 aromatic carbocycles. The van der Waals surface area contributed by atoms with Gasteiger partial charge in [0.1, 0.15) is 17.0 Å². The van der Waals surface area contributed by atoms with Gasteiger partial charge in [0.05, 0.1) is 28.9 Å². The van der Waals surface area contributed by atoms with Crippen LogP contribution in [0.1, 0.15) is 37.7 Å². The summed E-state index contributed by atoms with van der Waals surface area (Å²) in [5, 5.41) is 11.5. The van der Waals surface area contributed by atoms with E-state index in [0.717, 1.165) is 65.3 Å². The van der Waals surface area contributed by atoms with Gasteiger partial charge < -0.3 is 10.3 Å². The standard InChI is InChI=1S/C34H32FN7O3S/c1-46(44,45)37-19-20-14-23(16-24(35)15-20)31-26-18-30(39-28(26)12-13-36-31)33-32-29(41-42-33)11-10-27(40-32)22-8-5-9-25(17-22)38-34(43)21-6-3-2-4-7-21/h5,8-18,21,37,39H,2-4,6-7,19H2,1H3,(H,38,43)(H,41,42). The van der Waals surface area contributed by atoms with Crippen LogP contribution in [-0.2, 0) is 21.4 Å². The number of aromatic amines is 2. The van der Waals surface area contributed by atoms with E-state index in [1.807, 2.05) is 48.5 Å². The second kappa shape index (κ2) is 12.1.